The van der Waals surface area contributed by atoms with E-state index in [1.54, 1.807) is 18.9 Å². The number of aliphatic hydroxyl groups excluding tert-OH is 1. The Hall–Kier alpha value is -0.890. The number of furan rings is 1. The molecule has 0 saturated carbocycles. The highest BCUT2D eigenvalue weighted by Gasteiger charge is 2.32. The van der Waals surface area contributed by atoms with Crippen molar-refractivity contribution in [2.24, 2.45) is 0 Å². The molecule has 1 aromatic rings. The number of aliphatic hydroxyl groups is 1. The average Bonchev–Trinajstić information content (AvgIpc) is 2.69. The fourth-order valence-electron chi connectivity index (χ4n) is 3.03. The molecule has 2 rings (SSSR count). The van der Waals surface area contributed by atoms with Gasteiger partial charge >= 0.3 is 0 Å². The summed E-state index contributed by atoms with van der Waals surface area (Å²) < 4.78 is 30.7. The van der Waals surface area contributed by atoms with Gasteiger partial charge in [-0.05, 0) is 40.5 Å². The number of piperidine rings is 1. The van der Waals surface area contributed by atoms with Gasteiger partial charge in [0, 0.05) is 17.6 Å². The second kappa shape index (κ2) is 6.08. The molecular formula is C14H24N2O4S. The molecule has 1 aliphatic rings. The van der Waals surface area contributed by atoms with Crippen LogP contribution in [0.4, 0.5) is 0 Å². The SMILES string of the molecule is Cc1oc(C)c(S(=O)(=O)NN2C(C)CCCC2C)c1CO. The van der Waals surface area contributed by atoms with Crippen LogP contribution in [-0.2, 0) is 16.6 Å². The standard InChI is InChI=1S/C14H24N2O4S/c1-9-6-5-7-10(2)16(9)15-21(18,19)14-12(4)20-11(3)13(14)8-17/h9-10,15,17H,5-8H2,1-4H3. The summed E-state index contributed by atoms with van der Waals surface area (Å²) in [6.07, 6.45) is 3.03. The molecular weight excluding hydrogens is 292 g/mol. The minimum absolute atomic E-state index is 0.0625. The Morgan fingerprint density at radius 2 is 1.81 bits per heavy atom. The Balaban J connectivity index is 2.34. The van der Waals surface area contributed by atoms with Crippen molar-refractivity contribution in [2.45, 2.75) is 70.5 Å². The highest BCUT2D eigenvalue weighted by Crippen LogP contribution is 2.28. The third-order valence-corrected chi connectivity index (χ3v) is 5.69. The maximum Gasteiger partial charge on any atom is 0.257 e. The van der Waals surface area contributed by atoms with Crippen LogP contribution in [0.25, 0.3) is 0 Å². The second-order valence-electron chi connectivity index (χ2n) is 5.81. The summed E-state index contributed by atoms with van der Waals surface area (Å²) in [4.78, 5) is 2.74. The van der Waals surface area contributed by atoms with Gasteiger partial charge in [-0.2, -0.15) is 0 Å². The Morgan fingerprint density at radius 3 is 2.33 bits per heavy atom. The van der Waals surface area contributed by atoms with Crippen LogP contribution in [0.1, 0.15) is 50.2 Å². The number of hydrogen-bond donors (Lipinski definition) is 2. The van der Waals surface area contributed by atoms with Crippen LogP contribution in [0.2, 0.25) is 0 Å². The highest BCUT2D eigenvalue weighted by molar-refractivity contribution is 7.89. The summed E-state index contributed by atoms with van der Waals surface area (Å²) in [5.74, 6) is 0.747. The molecule has 2 heterocycles. The van der Waals surface area contributed by atoms with Crippen LogP contribution in [0.15, 0.2) is 9.31 Å². The zero-order chi connectivity index (χ0) is 15.8. The normalized spacial score (nSPS) is 24.4. The molecule has 1 fully saturated rings. The number of rotatable bonds is 4. The number of sulfonamides is 1. The first-order valence-corrected chi connectivity index (χ1v) is 8.76. The zero-order valence-corrected chi connectivity index (χ0v) is 13.8. The first-order chi connectivity index (χ1) is 9.77. The topological polar surface area (TPSA) is 82.8 Å². The van der Waals surface area contributed by atoms with E-state index in [-0.39, 0.29) is 23.6 Å². The van der Waals surface area contributed by atoms with E-state index >= 15 is 0 Å². The molecule has 2 N–H and O–H groups in total. The molecule has 1 aliphatic heterocycles. The van der Waals surface area contributed by atoms with E-state index in [0.29, 0.717) is 17.1 Å². The monoisotopic (exact) mass is 316 g/mol. The van der Waals surface area contributed by atoms with E-state index < -0.39 is 10.0 Å². The molecule has 0 bridgehead atoms. The van der Waals surface area contributed by atoms with E-state index in [4.69, 9.17) is 4.42 Å². The lowest BCUT2D eigenvalue weighted by Crippen LogP contribution is -2.54. The van der Waals surface area contributed by atoms with Crippen LogP contribution < -0.4 is 4.83 Å². The number of nitrogens with one attached hydrogen (secondary N) is 1. The molecule has 21 heavy (non-hydrogen) atoms. The smallest absolute Gasteiger partial charge is 0.257 e. The van der Waals surface area contributed by atoms with Crippen LogP contribution >= 0.6 is 0 Å². The third kappa shape index (κ3) is 3.15. The van der Waals surface area contributed by atoms with Crippen LogP contribution in [0.3, 0.4) is 0 Å². The Labute approximate surface area is 126 Å². The van der Waals surface area contributed by atoms with E-state index in [1.807, 2.05) is 13.8 Å². The van der Waals surface area contributed by atoms with Crippen molar-refractivity contribution in [3.63, 3.8) is 0 Å². The van der Waals surface area contributed by atoms with Crippen molar-refractivity contribution in [3.8, 4) is 0 Å². The van der Waals surface area contributed by atoms with Gasteiger partial charge in [-0.25, -0.2) is 13.4 Å². The minimum Gasteiger partial charge on any atom is -0.465 e. The fraction of sp³-hybridized carbons (Fsp3) is 0.714. The molecule has 6 nitrogen and oxygen atoms in total. The van der Waals surface area contributed by atoms with Crippen molar-refractivity contribution < 1.29 is 17.9 Å². The van der Waals surface area contributed by atoms with Gasteiger partial charge in [-0.3, -0.25) is 0 Å². The molecule has 120 valence electrons. The number of hydrogen-bond acceptors (Lipinski definition) is 5. The summed E-state index contributed by atoms with van der Waals surface area (Å²) in [5, 5.41) is 11.2. The molecule has 0 radical (unpaired) electrons. The molecule has 0 aromatic carbocycles. The highest BCUT2D eigenvalue weighted by atomic mass is 32.2. The first kappa shape index (κ1) is 16.5. The molecule has 0 amide bonds. The van der Waals surface area contributed by atoms with Crippen molar-refractivity contribution in [3.05, 3.63) is 17.1 Å². The van der Waals surface area contributed by atoms with E-state index in [1.165, 1.54) is 0 Å². The Kier molecular flexibility index (Phi) is 4.77. The minimum atomic E-state index is -3.76. The van der Waals surface area contributed by atoms with Crippen molar-refractivity contribution in [1.29, 1.82) is 0 Å². The summed E-state index contributed by atoms with van der Waals surface area (Å²) >= 11 is 0. The Bertz CT molecular complexity index is 599. The van der Waals surface area contributed by atoms with Crippen molar-refractivity contribution in [1.82, 2.24) is 9.84 Å². The first-order valence-electron chi connectivity index (χ1n) is 7.28. The molecule has 7 heteroatoms. The number of hydrazine groups is 1. The van der Waals surface area contributed by atoms with Gasteiger partial charge in [-0.15, -0.1) is 4.83 Å². The molecule has 2 unspecified atom stereocenters. The zero-order valence-electron chi connectivity index (χ0n) is 13.0. The van der Waals surface area contributed by atoms with Crippen LogP contribution in [0.5, 0.6) is 0 Å². The summed E-state index contributed by atoms with van der Waals surface area (Å²) in [6, 6.07) is 0.295. The molecule has 1 aromatic heterocycles. The Morgan fingerprint density at radius 1 is 1.24 bits per heavy atom. The maximum absolute atomic E-state index is 12.7. The maximum atomic E-state index is 12.7. The molecule has 0 spiro atoms. The van der Waals surface area contributed by atoms with Gasteiger partial charge in [0.1, 0.15) is 16.4 Å². The second-order valence-corrected chi connectivity index (χ2v) is 7.41. The average molecular weight is 316 g/mol. The van der Waals surface area contributed by atoms with Crippen LogP contribution in [0, 0.1) is 13.8 Å². The summed E-state index contributed by atoms with van der Waals surface area (Å²) in [5.41, 5.74) is 0.331. The van der Waals surface area contributed by atoms with Gasteiger partial charge in [0.25, 0.3) is 10.0 Å². The fourth-order valence-corrected chi connectivity index (χ4v) is 4.71. The van der Waals surface area contributed by atoms with E-state index in [2.05, 4.69) is 4.83 Å². The van der Waals surface area contributed by atoms with Gasteiger partial charge in [0.15, 0.2) is 0 Å². The molecule has 2 atom stereocenters. The third-order valence-electron chi connectivity index (χ3n) is 4.17. The lowest BCUT2D eigenvalue weighted by atomic mass is 10.0. The summed E-state index contributed by atoms with van der Waals surface area (Å²) in [6.45, 7) is 6.93. The van der Waals surface area contributed by atoms with E-state index in [0.717, 1.165) is 19.3 Å². The van der Waals surface area contributed by atoms with Gasteiger partial charge in [-0.1, -0.05) is 6.42 Å². The van der Waals surface area contributed by atoms with E-state index in [9.17, 15) is 13.5 Å². The van der Waals surface area contributed by atoms with Crippen molar-refractivity contribution in [2.75, 3.05) is 0 Å². The van der Waals surface area contributed by atoms with Gasteiger partial charge < -0.3 is 9.52 Å². The van der Waals surface area contributed by atoms with Gasteiger partial charge in [0.05, 0.1) is 6.61 Å². The molecule has 1 saturated heterocycles. The van der Waals surface area contributed by atoms with Crippen molar-refractivity contribution >= 4 is 10.0 Å². The predicted molar refractivity (Wildman–Crippen MR) is 79.0 cm³/mol. The van der Waals surface area contributed by atoms with Gasteiger partial charge in [0.2, 0.25) is 0 Å². The van der Waals surface area contributed by atoms with Crippen LogP contribution in [-0.4, -0.2) is 30.6 Å². The summed E-state index contributed by atoms with van der Waals surface area (Å²) in [7, 11) is -3.76. The number of nitrogens with zero attached hydrogens (tertiary/aromatic N) is 1. The molecule has 0 aliphatic carbocycles. The lowest BCUT2D eigenvalue weighted by Gasteiger charge is -2.38. The lowest BCUT2D eigenvalue weighted by molar-refractivity contribution is 0.0789. The quantitative estimate of drug-likeness (QED) is 0.886. The number of aryl methyl sites for hydroxylation is 2. The largest absolute Gasteiger partial charge is 0.465 e. The predicted octanol–water partition coefficient (Wildman–Crippen LogP) is 1.84.